The van der Waals surface area contributed by atoms with Crippen LogP contribution < -0.4 is 10.6 Å². The molecule has 1 amide bonds. The van der Waals surface area contributed by atoms with Crippen molar-refractivity contribution in [2.75, 3.05) is 44.7 Å². The van der Waals surface area contributed by atoms with Crippen LogP contribution >= 0.6 is 0 Å². The lowest BCUT2D eigenvalue weighted by molar-refractivity contribution is 0.0383. The Hall–Kier alpha value is -2.51. The number of amides is 1. The van der Waals surface area contributed by atoms with Gasteiger partial charge in [-0.15, -0.1) is 0 Å². The summed E-state index contributed by atoms with van der Waals surface area (Å²) in [4.78, 5) is 23.1. The van der Waals surface area contributed by atoms with Crippen LogP contribution in [0, 0.1) is 0 Å². The molecule has 0 bridgehead atoms. The predicted molar refractivity (Wildman–Crippen MR) is 101 cm³/mol. The van der Waals surface area contributed by atoms with E-state index in [9.17, 15) is 4.79 Å². The maximum Gasteiger partial charge on any atom is 0.270 e. The molecule has 2 aromatic rings. The fraction of sp³-hybridized carbons (Fsp3) is 0.421. The van der Waals surface area contributed by atoms with Gasteiger partial charge in [0.1, 0.15) is 5.69 Å². The van der Waals surface area contributed by atoms with Gasteiger partial charge in [-0.1, -0.05) is 19.1 Å². The number of hydrogen-bond acceptors (Lipinski definition) is 6. The monoisotopic (exact) mass is 355 g/mol. The van der Waals surface area contributed by atoms with Gasteiger partial charge in [-0.2, -0.15) is 0 Å². The largest absolute Gasteiger partial charge is 0.379 e. The fourth-order valence-corrected chi connectivity index (χ4v) is 2.74. The van der Waals surface area contributed by atoms with Crippen LogP contribution in [-0.4, -0.2) is 60.2 Å². The van der Waals surface area contributed by atoms with E-state index in [-0.39, 0.29) is 5.91 Å². The molecule has 7 heteroatoms. The Labute approximate surface area is 153 Å². The van der Waals surface area contributed by atoms with Crippen LogP contribution in [0.1, 0.15) is 23.0 Å². The number of morpholine rings is 1. The Morgan fingerprint density at radius 3 is 2.69 bits per heavy atom. The van der Waals surface area contributed by atoms with Crippen molar-refractivity contribution in [1.82, 2.24) is 20.2 Å². The minimum absolute atomic E-state index is 0.190. The van der Waals surface area contributed by atoms with Gasteiger partial charge in [0.25, 0.3) is 5.91 Å². The molecule has 0 unspecified atom stereocenters. The number of ether oxygens (including phenoxy) is 1. The Balaban J connectivity index is 1.52. The van der Waals surface area contributed by atoms with Crippen LogP contribution in [0.15, 0.2) is 36.5 Å². The zero-order valence-corrected chi connectivity index (χ0v) is 15.1. The van der Waals surface area contributed by atoms with Crippen molar-refractivity contribution in [3.05, 3.63) is 47.8 Å². The molecule has 138 valence electrons. The average Bonchev–Trinajstić information content (AvgIpc) is 2.69. The van der Waals surface area contributed by atoms with Crippen molar-refractivity contribution >= 4 is 17.5 Å². The maximum absolute atomic E-state index is 12.3. The Kier molecular flexibility index (Phi) is 6.51. The van der Waals surface area contributed by atoms with Crippen LogP contribution in [0.2, 0.25) is 0 Å². The number of anilines is 2. The SMILES string of the molecule is CCc1ccc(Nc2nccc(C(=O)NCCN3CCOCC3)n2)cc1. The van der Waals surface area contributed by atoms with Crippen LogP contribution in [0.5, 0.6) is 0 Å². The normalized spacial score (nSPS) is 14.8. The van der Waals surface area contributed by atoms with Crippen LogP contribution in [0.4, 0.5) is 11.6 Å². The molecule has 1 aliphatic rings. The molecule has 0 spiro atoms. The highest BCUT2D eigenvalue weighted by Crippen LogP contribution is 2.14. The molecular formula is C19H25N5O2. The van der Waals surface area contributed by atoms with Crippen molar-refractivity contribution in [2.45, 2.75) is 13.3 Å². The standard InChI is InChI=1S/C19H25N5O2/c1-2-15-3-5-16(6-4-15)22-19-21-8-7-17(23-19)18(25)20-9-10-24-11-13-26-14-12-24/h3-8H,2,9-14H2,1H3,(H,20,25)(H,21,22,23). The number of hydrogen-bond donors (Lipinski definition) is 2. The molecule has 1 aromatic carbocycles. The second-order valence-corrected chi connectivity index (χ2v) is 6.15. The van der Waals surface area contributed by atoms with Gasteiger partial charge >= 0.3 is 0 Å². The zero-order valence-electron chi connectivity index (χ0n) is 15.1. The van der Waals surface area contributed by atoms with Gasteiger partial charge < -0.3 is 15.4 Å². The van der Waals surface area contributed by atoms with Gasteiger partial charge in [0.2, 0.25) is 5.95 Å². The van der Waals surface area contributed by atoms with Crippen molar-refractivity contribution < 1.29 is 9.53 Å². The number of benzene rings is 1. The summed E-state index contributed by atoms with van der Waals surface area (Å²) < 4.78 is 5.32. The van der Waals surface area contributed by atoms with Crippen LogP contribution in [0.25, 0.3) is 0 Å². The second-order valence-electron chi connectivity index (χ2n) is 6.15. The van der Waals surface area contributed by atoms with Crippen molar-refractivity contribution in [1.29, 1.82) is 0 Å². The van der Waals surface area contributed by atoms with Crippen LogP contribution in [-0.2, 0) is 11.2 Å². The summed E-state index contributed by atoms with van der Waals surface area (Å²) in [6.45, 7) is 6.86. The molecule has 0 atom stereocenters. The lowest BCUT2D eigenvalue weighted by Gasteiger charge is -2.26. The highest BCUT2D eigenvalue weighted by Gasteiger charge is 2.12. The van der Waals surface area contributed by atoms with Crippen molar-refractivity contribution in [2.24, 2.45) is 0 Å². The predicted octanol–water partition coefficient (Wildman–Crippen LogP) is 1.84. The topological polar surface area (TPSA) is 79.4 Å². The minimum atomic E-state index is -0.190. The number of carbonyl (C=O) groups excluding carboxylic acids is 1. The van der Waals surface area contributed by atoms with Gasteiger partial charge in [0, 0.05) is 38.1 Å². The number of carbonyl (C=O) groups is 1. The molecule has 2 heterocycles. The summed E-state index contributed by atoms with van der Waals surface area (Å²) >= 11 is 0. The quantitative estimate of drug-likeness (QED) is 0.789. The second kappa shape index (κ2) is 9.26. The number of aromatic nitrogens is 2. The first kappa shape index (κ1) is 18.3. The molecule has 3 rings (SSSR count). The average molecular weight is 355 g/mol. The Morgan fingerprint density at radius 1 is 1.19 bits per heavy atom. The Morgan fingerprint density at radius 2 is 1.96 bits per heavy atom. The highest BCUT2D eigenvalue weighted by molar-refractivity contribution is 5.92. The highest BCUT2D eigenvalue weighted by atomic mass is 16.5. The maximum atomic E-state index is 12.3. The molecule has 0 radical (unpaired) electrons. The molecule has 1 saturated heterocycles. The van der Waals surface area contributed by atoms with E-state index in [2.05, 4.69) is 44.6 Å². The smallest absolute Gasteiger partial charge is 0.270 e. The molecular weight excluding hydrogens is 330 g/mol. The van der Waals surface area contributed by atoms with Gasteiger partial charge in [-0.05, 0) is 30.2 Å². The summed E-state index contributed by atoms with van der Waals surface area (Å²) in [7, 11) is 0. The van der Waals surface area contributed by atoms with E-state index in [1.165, 1.54) is 5.56 Å². The Bertz CT molecular complexity index is 714. The van der Waals surface area contributed by atoms with E-state index in [4.69, 9.17) is 4.74 Å². The van der Waals surface area contributed by atoms with Gasteiger partial charge in [0.05, 0.1) is 13.2 Å². The van der Waals surface area contributed by atoms with E-state index in [0.29, 0.717) is 18.2 Å². The molecule has 1 fully saturated rings. The molecule has 1 aliphatic heterocycles. The third-order valence-corrected chi connectivity index (χ3v) is 4.32. The summed E-state index contributed by atoms with van der Waals surface area (Å²) in [5, 5.41) is 6.05. The van der Waals surface area contributed by atoms with Gasteiger partial charge in [0.15, 0.2) is 0 Å². The van der Waals surface area contributed by atoms with Crippen LogP contribution in [0.3, 0.4) is 0 Å². The molecule has 0 saturated carbocycles. The van der Waals surface area contributed by atoms with E-state index in [1.54, 1.807) is 12.3 Å². The van der Waals surface area contributed by atoms with E-state index in [0.717, 1.165) is 45.0 Å². The minimum Gasteiger partial charge on any atom is -0.379 e. The summed E-state index contributed by atoms with van der Waals surface area (Å²) in [5.74, 6) is 0.222. The van der Waals surface area contributed by atoms with Crippen molar-refractivity contribution in [3.8, 4) is 0 Å². The lowest BCUT2D eigenvalue weighted by Crippen LogP contribution is -2.41. The molecule has 1 aromatic heterocycles. The first-order valence-corrected chi connectivity index (χ1v) is 9.02. The molecule has 26 heavy (non-hydrogen) atoms. The third-order valence-electron chi connectivity index (χ3n) is 4.32. The number of rotatable bonds is 7. The fourth-order valence-electron chi connectivity index (χ4n) is 2.74. The van der Waals surface area contributed by atoms with E-state index in [1.807, 2.05) is 12.1 Å². The number of nitrogens with zero attached hydrogens (tertiary/aromatic N) is 3. The van der Waals surface area contributed by atoms with Gasteiger partial charge in [-0.25, -0.2) is 9.97 Å². The number of aryl methyl sites for hydroxylation is 1. The summed E-state index contributed by atoms with van der Waals surface area (Å²) in [6, 6.07) is 9.71. The molecule has 2 N–H and O–H groups in total. The molecule has 7 nitrogen and oxygen atoms in total. The van der Waals surface area contributed by atoms with Gasteiger partial charge in [-0.3, -0.25) is 9.69 Å². The summed E-state index contributed by atoms with van der Waals surface area (Å²) in [5.41, 5.74) is 2.52. The first-order valence-electron chi connectivity index (χ1n) is 9.02. The third kappa shape index (κ3) is 5.24. The lowest BCUT2D eigenvalue weighted by atomic mass is 10.1. The van der Waals surface area contributed by atoms with E-state index < -0.39 is 0 Å². The van der Waals surface area contributed by atoms with Crippen molar-refractivity contribution in [3.63, 3.8) is 0 Å². The first-order chi connectivity index (χ1) is 12.7. The van der Waals surface area contributed by atoms with E-state index >= 15 is 0 Å². The molecule has 0 aliphatic carbocycles. The number of nitrogens with one attached hydrogen (secondary N) is 2. The summed E-state index contributed by atoms with van der Waals surface area (Å²) in [6.07, 6.45) is 2.59. The zero-order chi connectivity index (χ0) is 18.2.